The fourth-order valence-corrected chi connectivity index (χ4v) is 2.04. The highest BCUT2D eigenvalue weighted by molar-refractivity contribution is 5.30. The van der Waals surface area contributed by atoms with Gasteiger partial charge in [-0.05, 0) is 25.3 Å². The number of nitrogens with one attached hydrogen (secondary N) is 1. The lowest BCUT2D eigenvalue weighted by molar-refractivity contribution is -0.0315. The van der Waals surface area contributed by atoms with Gasteiger partial charge in [0.15, 0.2) is 11.6 Å². The van der Waals surface area contributed by atoms with E-state index in [1.54, 1.807) is 18.2 Å². The molecule has 0 bridgehead atoms. The lowest BCUT2D eigenvalue weighted by atomic mass is 9.80. The third kappa shape index (κ3) is 2.76. The molecule has 4 heteroatoms. The number of benzene rings is 1. The number of ether oxygens (including phenoxy) is 1. The van der Waals surface area contributed by atoms with Gasteiger partial charge in [0.1, 0.15) is 0 Å². The molecule has 94 valence electrons. The van der Waals surface area contributed by atoms with Crippen LogP contribution in [0.3, 0.4) is 0 Å². The first-order valence-corrected chi connectivity index (χ1v) is 5.89. The van der Waals surface area contributed by atoms with Crippen molar-refractivity contribution >= 4 is 0 Å². The Hall–Kier alpha value is -1.13. The van der Waals surface area contributed by atoms with E-state index in [1.807, 2.05) is 0 Å². The minimum absolute atomic E-state index is 0.256. The van der Waals surface area contributed by atoms with Crippen LogP contribution in [-0.4, -0.2) is 24.4 Å². The van der Waals surface area contributed by atoms with Crippen LogP contribution in [0.1, 0.15) is 24.8 Å². The van der Waals surface area contributed by atoms with Gasteiger partial charge in [-0.15, -0.1) is 0 Å². The number of hydrogen-bond donors (Lipinski definition) is 2. The lowest BCUT2D eigenvalue weighted by Gasteiger charge is -2.36. The van der Waals surface area contributed by atoms with Crippen LogP contribution in [0.15, 0.2) is 18.2 Å². The predicted octanol–water partition coefficient (Wildman–Crippen LogP) is 1.84. The summed E-state index contributed by atoms with van der Waals surface area (Å²) in [6.07, 6.45) is 2.74. The van der Waals surface area contributed by atoms with Gasteiger partial charge in [-0.1, -0.05) is 12.1 Å². The van der Waals surface area contributed by atoms with E-state index in [0.717, 1.165) is 19.3 Å². The highest BCUT2D eigenvalue weighted by atomic mass is 19.1. The Morgan fingerprint density at radius 3 is 2.82 bits per heavy atom. The summed E-state index contributed by atoms with van der Waals surface area (Å²) in [7, 11) is 1.45. The third-order valence-electron chi connectivity index (χ3n) is 3.32. The van der Waals surface area contributed by atoms with Crippen molar-refractivity contribution in [2.24, 2.45) is 0 Å². The molecule has 1 aromatic carbocycles. The van der Waals surface area contributed by atoms with E-state index in [4.69, 9.17) is 4.74 Å². The molecule has 0 aliphatic heterocycles. The van der Waals surface area contributed by atoms with Crippen molar-refractivity contribution < 1.29 is 14.2 Å². The fraction of sp³-hybridized carbons (Fsp3) is 0.538. The first-order valence-electron chi connectivity index (χ1n) is 5.89. The highest BCUT2D eigenvalue weighted by Gasteiger charge is 2.33. The Morgan fingerprint density at radius 2 is 2.24 bits per heavy atom. The van der Waals surface area contributed by atoms with Crippen molar-refractivity contribution in [2.45, 2.75) is 31.4 Å². The minimum Gasteiger partial charge on any atom is -0.494 e. The zero-order valence-corrected chi connectivity index (χ0v) is 10.0. The van der Waals surface area contributed by atoms with Gasteiger partial charge in [-0.2, -0.15) is 0 Å². The van der Waals surface area contributed by atoms with Crippen LogP contribution >= 0.6 is 0 Å². The third-order valence-corrected chi connectivity index (χ3v) is 3.32. The zero-order chi connectivity index (χ0) is 12.3. The van der Waals surface area contributed by atoms with Crippen LogP contribution in [0.4, 0.5) is 4.39 Å². The molecular weight excluding hydrogens is 221 g/mol. The first-order chi connectivity index (χ1) is 8.14. The Balaban J connectivity index is 1.90. The quantitative estimate of drug-likeness (QED) is 0.823. The maximum atomic E-state index is 13.8. The lowest BCUT2D eigenvalue weighted by Crippen LogP contribution is -2.46. The predicted molar refractivity (Wildman–Crippen MR) is 63.5 cm³/mol. The minimum atomic E-state index is -0.574. The van der Waals surface area contributed by atoms with Crippen LogP contribution in [0.5, 0.6) is 5.75 Å². The molecule has 2 N–H and O–H groups in total. The van der Waals surface area contributed by atoms with E-state index in [-0.39, 0.29) is 11.6 Å². The number of rotatable bonds is 5. The van der Waals surface area contributed by atoms with Crippen molar-refractivity contribution in [3.05, 3.63) is 29.6 Å². The van der Waals surface area contributed by atoms with Gasteiger partial charge in [-0.3, -0.25) is 0 Å². The summed E-state index contributed by atoms with van der Waals surface area (Å²) < 4.78 is 18.7. The summed E-state index contributed by atoms with van der Waals surface area (Å²) >= 11 is 0. The van der Waals surface area contributed by atoms with E-state index >= 15 is 0 Å². The maximum Gasteiger partial charge on any atom is 0.169 e. The number of hydrogen-bond acceptors (Lipinski definition) is 3. The molecule has 0 atom stereocenters. The van der Waals surface area contributed by atoms with Crippen LogP contribution in [-0.2, 0) is 6.54 Å². The average molecular weight is 239 g/mol. The van der Waals surface area contributed by atoms with E-state index in [2.05, 4.69) is 5.32 Å². The SMILES string of the molecule is COc1cccc(CNCC2(O)CCC2)c1F. The van der Waals surface area contributed by atoms with E-state index in [9.17, 15) is 9.50 Å². The largest absolute Gasteiger partial charge is 0.494 e. The molecule has 1 saturated carbocycles. The number of methoxy groups -OCH3 is 1. The molecule has 0 radical (unpaired) electrons. The van der Waals surface area contributed by atoms with Gasteiger partial charge < -0.3 is 15.2 Å². The molecule has 1 fully saturated rings. The molecule has 2 rings (SSSR count). The van der Waals surface area contributed by atoms with Crippen molar-refractivity contribution in [1.82, 2.24) is 5.32 Å². The Labute approximate surface area is 101 Å². The van der Waals surface area contributed by atoms with Crippen LogP contribution in [0, 0.1) is 5.82 Å². The summed E-state index contributed by atoms with van der Waals surface area (Å²) in [6, 6.07) is 5.07. The van der Waals surface area contributed by atoms with Crippen LogP contribution in [0.25, 0.3) is 0 Å². The molecule has 1 aromatic rings. The molecule has 0 saturated heterocycles. The summed E-state index contributed by atoms with van der Waals surface area (Å²) in [5.74, 6) is -0.0743. The Kier molecular flexibility index (Phi) is 3.64. The molecular formula is C13H18FNO2. The van der Waals surface area contributed by atoms with Crippen molar-refractivity contribution in [1.29, 1.82) is 0 Å². The molecule has 0 aromatic heterocycles. The zero-order valence-electron chi connectivity index (χ0n) is 10.0. The smallest absolute Gasteiger partial charge is 0.169 e. The van der Waals surface area contributed by atoms with E-state index in [1.165, 1.54) is 7.11 Å². The number of halogens is 1. The molecule has 0 heterocycles. The monoisotopic (exact) mass is 239 g/mol. The van der Waals surface area contributed by atoms with Gasteiger partial charge in [-0.25, -0.2) is 4.39 Å². The van der Waals surface area contributed by atoms with Crippen molar-refractivity contribution in [3.63, 3.8) is 0 Å². The van der Waals surface area contributed by atoms with Crippen molar-refractivity contribution in [3.8, 4) is 5.75 Å². The second kappa shape index (κ2) is 5.02. The summed E-state index contributed by atoms with van der Waals surface area (Å²) in [5, 5.41) is 13.0. The molecule has 0 unspecified atom stereocenters. The highest BCUT2D eigenvalue weighted by Crippen LogP contribution is 2.30. The second-order valence-corrected chi connectivity index (χ2v) is 4.61. The van der Waals surface area contributed by atoms with E-state index in [0.29, 0.717) is 18.7 Å². The molecule has 0 spiro atoms. The van der Waals surface area contributed by atoms with Crippen LogP contribution < -0.4 is 10.1 Å². The average Bonchev–Trinajstić information content (AvgIpc) is 2.29. The second-order valence-electron chi connectivity index (χ2n) is 4.61. The standard InChI is InChI=1S/C13H18FNO2/c1-17-11-5-2-4-10(12(11)14)8-15-9-13(16)6-3-7-13/h2,4-5,15-16H,3,6-9H2,1H3. The van der Waals surface area contributed by atoms with Crippen molar-refractivity contribution in [2.75, 3.05) is 13.7 Å². The molecule has 1 aliphatic rings. The van der Waals surface area contributed by atoms with Gasteiger partial charge in [0, 0.05) is 18.7 Å². The molecule has 17 heavy (non-hydrogen) atoms. The normalized spacial score (nSPS) is 17.6. The molecule has 3 nitrogen and oxygen atoms in total. The summed E-state index contributed by atoms with van der Waals surface area (Å²) in [5.41, 5.74) is -0.0118. The van der Waals surface area contributed by atoms with Gasteiger partial charge >= 0.3 is 0 Å². The molecule has 1 aliphatic carbocycles. The van der Waals surface area contributed by atoms with Gasteiger partial charge in [0.05, 0.1) is 12.7 Å². The van der Waals surface area contributed by atoms with E-state index < -0.39 is 5.60 Å². The van der Waals surface area contributed by atoms with Crippen LogP contribution in [0.2, 0.25) is 0 Å². The summed E-state index contributed by atoms with van der Waals surface area (Å²) in [4.78, 5) is 0. The number of aliphatic hydroxyl groups is 1. The van der Waals surface area contributed by atoms with Gasteiger partial charge in [0.2, 0.25) is 0 Å². The topological polar surface area (TPSA) is 41.5 Å². The first kappa shape index (κ1) is 12.3. The Bertz CT molecular complexity index is 391. The molecule has 0 amide bonds. The van der Waals surface area contributed by atoms with Gasteiger partial charge in [0.25, 0.3) is 0 Å². The Morgan fingerprint density at radius 1 is 1.47 bits per heavy atom. The fourth-order valence-electron chi connectivity index (χ4n) is 2.04. The summed E-state index contributed by atoms with van der Waals surface area (Å²) in [6.45, 7) is 0.926. The maximum absolute atomic E-state index is 13.8.